The van der Waals surface area contributed by atoms with E-state index in [-0.39, 0.29) is 11.3 Å². The molecule has 0 atom stereocenters. The molecule has 0 bridgehead atoms. The molecule has 15 heavy (non-hydrogen) atoms. The smallest absolute Gasteiger partial charge is 0.387 e. The summed E-state index contributed by atoms with van der Waals surface area (Å²) in [5.41, 5.74) is 0.103. The van der Waals surface area contributed by atoms with E-state index in [4.69, 9.17) is 0 Å². The fraction of sp³-hybridized carbons (Fsp3) is 0.111. The van der Waals surface area contributed by atoms with Crippen LogP contribution in [0.25, 0.3) is 11.0 Å². The maximum atomic E-state index is 12.0. The van der Waals surface area contributed by atoms with Crippen LogP contribution >= 0.6 is 0 Å². The Morgan fingerprint density at radius 1 is 1.40 bits per heavy atom. The summed E-state index contributed by atoms with van der Waals surface area (Å²) in [4.78, 5) is 17.1. The highest BCUT2D eigenvalue weighted by Crippen LogP contribution is 2.22. The van der Waals surface area contributed by atoms with Gasteiger partial charge in [0.15, 0.2) is 5.75 Å². The molecule has 0 aliphatic carbocycles. The Labute approximate surface area is 82.5 Å². The summed E-state index contributed by atoms with van der Waals surface area (Å²) in [5.74, 6) is -0.0901. The van der Waals surface area contributed by atoms with E-state index in [1.807, 2.05) is 0 Å². The molecule has 2 rings (SSSR count). The Kier molecular flexibility index (Phi) is 2.32. The Morgan fingerprint density at radius 2 is 2.20 bits per heavy atom. The Morgan fingerprint density at radius 3 is 2.93 bits per heavy atom. The number of aromatic nitrogens is 2. The van der Waals surface area contributed by atoms with Crippen LogP contribution in [0.15, 0.2) is 29.2 Å². The number of nitrogens with one attached hydrogen (secondary N) is 1. The van der Waals surface area contributed by atoms with Gasteiger partial charge in [-0.1, -0.05) is 6.07 Å². The maximum Gasteiger partial charge on any atom is 0.387 e. The first kappa shape index (κ1) is 9.57. The number of nitrogens with zero attached hydrogens (tertiary/aromatic N) is 1. The Bertz CT molecular complexity index is 539. The molecule has 0 unspecified atom stereocenters. The van der Waals surface area contributed by atoms with E-state index in [2.05, 4.69) is 14.7 Å². The fourth-order valence-corrected chi connectivity index (χ4v) is 1.23. The van der Waals surface area contributed by atoms with Crippen molar-refractivity contribution < 1.29 is 13.5 Å². The molecule has 78 valence electrons. The molecule has 0 radical (unpaired) electrons. The number of ether oxygens (including phenoxy) is 1. The number of hydrogen-bond acceptors (Lipinski definition) is 3. The van der Waals surface area contributed by atoms with Gasteiger partial charge >= 0.3 is 6.61 Å². The molecule has 0 amide bonds. The van der Waals surface area contributed by atoms with Gasteiger partial charge in [-0.3, -0.25) is 4.79 Å². The zero-order chi connectivity index (χ0) is 10.8. The van der Waals surface area contributed by atoms with E-state index in [9.17, 15) is 13.6 Å². The first-order valence-electron chi connectivity index (χ1n) is 4.09. The van der Waals surface area contributed by atoms with Gasteiger partial charge in [0.1, 0.15) is 5.52 Å². The number of hydrogen-bond donors (Lipinski definition) is 1. The molecule has 2 aromatic rings. The van der Waals surface area contributed by atoms with Crippen molar-refractivity contribution in [2.45, 2.75) is 6.61 Å². The van der Waals surface area contributed by atoms with Crippen LogP contribution in [-0.4, -0.2) is 16.6 Å². The van der Waals surface area contributed by atoms with Gasteiger partial charge in [0, 0.05) is 0 Å². The number of aromatic amines is 1. The van der Waals surface area contributed by atoms with Crippen LogP contribution in [0.3, 0.4) is 0 Å². The van der Waals surface area contributed by atoms with Gasteiger partial charge < -0.3 is 9.72 Å². The summed E-state index contributed by atoms with van der Waals surface area (Å²) in [6, 6.07) is 4.45. The van der Waals surface area contributed by atoms with Gasteiger partial charge in [-0.2, -0.15) is 8.78 Å². The van der Waals surface area contributed by atoms with Gasteiger partial charge in [0.25, 0.3) is 5.56 Å². The van der Waals surface area contributed by atoms with E-state index in [0.29, 0.717) is 5.52 Å². The molecule has 4 nitrogen and oxygen atoms in total. The third-order valence-corrected chi connectivity index (χ3v) is 1.79. The summed E-state index contributed by atoms with van der Waals surface area (Å²) in [5, 5.41) is 0. The quantitative estimate of drug-likeness (QED) is 0.821. The standard InChI is InChI=1S/C9H6F2N2O2/c10-9(11)15-6-3-1-2-5-8(6)13-7(14)4-12-5/h1-4,9H,(H,13,14). The number of benzene rings is 1. The molecule has 6 heteroatoms. The monoisotopic (exact) mass is 212 g/mol. The van der Waals surface area contributed by atoms with Crippen LogP contribution in [0, 0.1) is 0 Å². The van der Waals surface area contributed by atoms with E-state index in [0.717, 1.165) is 6.20 Å². The van der Waals surface area contributed by atoms with Crippen molar-refractivity contribution in [2.24, 2.45) is 0 Å². The molecule has 0 aliphatic rings. The molecule has 0 fully saturated rings. The molecule has 0 aliphatic heterocycles. The lowest BCUT2D eigenvalue weighted by Crippen LogP contribution is -2.08. The second-order valence-electron chi connectivity index (χ2n) is 2.78. The molecule has 1 aromatic carbocycles. The normalized spacial score (nSPS) is 10.9. The molecule has 1 aromatic heterocycles. The second-order valence-corrected chi connectivity index (χ2v) is 2.78. The lowest BCUT2D eigenvalue weighted by Gasteiger charge is -2.06. The van der Waals surface area contributed by atoms with Crippen molar-refractivity contribution in [3.05, 3.63) is 34.7 Å². The van der Waals surface area contributed by atoms with E-state index in [1.54, 1.807) is 6.07 Å². The van der Waals surface area contributed by atoms with Crippen molar-refractivity contribution in [2.75, 3.05) is 0 Å². The van der Waals surface area contributed by atoms with Gasteiger partial charge in [0.2, 0.25) is 0 Å². The number of H-pyrrole nitrogens is 1. The average molecular weight is 212 g/mol. The van der Waals surface area contributed by atoms with Crippen LogP contribution in [-0.2, 0) is 0 Å². The van der Waals surface area contributed by atoms with Gasteiger partial charge in [-0.25, -0.2) is 4.98 Å². The van der Waals surface area contributed by atoms with Crippen molar-refractivity contribution in [3.63, 3.8) is 0 Å². The minimum absolute atomic E-state index is 0.0901. The lowest BCUT2D eigenvalue weighted by atomic mass is 10.3. The third-order valence-electron chi connectivity index (χ3n) is 1.79. The zero-order valence-corrected chi connectivity index (χ0v) is 7.41. The predicted molar refractivity (Wildman–Crippen MR) is 49.0 cm³/mol. The van der Waals surface area contributed by atoms with Crippen LogP contribution in [0.2, 0.25) is 0 Å². The minimum atomic E-state index is -2.93. The van der Waals surface area contributed by atoms with Crippen molar-refractivity contribution in [3.8, 4) is 5.75 Å². The predicted octanol–water partition coefficient (Wildman–Crippen LogP) is 1.52. The average Bonchev–Trinajstić information content (AvgIpc) is 2.18. The van der Waals surface area contributed by atoms with Gasteiger partial charge in [-0.15, -0.1) is 0 Å². The second kappa shape index (κ2) is 3.64. The number of rotatable bonds is 2. The molecular weight excluding hydrogens is 206 g/mol. The van der Waals surface area contributed by atoms with Crippen LogP contribution in [0.5, 0.6) is 5.75 Å². The van der Waals surface area contributed by atoms with E-state index < -0.39 is 12.2 Å². The highest BCUT2D eigenvalue weighted by atomic mass is 19.3. The third kappa shape index (κ3) is 1.93. The Hall–Kier alpha value is -1.98. The van der Waals surface area contributed by atoms with Gasteiger partial charge in [0.05, 0.1) is 11.7 Å². The van der Waals surface area contributed by atoms with Crippen LogP contribution in [0.4, 0.5) is 8.78 Å². The molecule has 0 saturated carbocycles. The molecule has 0 spiro atoms. The number of fused-ring (bicyclic) bond motifs is 1. The zero-order valence-electron chi connectivity index (χ0n) is 7.41. The Balaban J connectivity index is 2.63. The fourth-order valence-electron chi connectivity index (χ4n) is 1.23. The largest absolute Gasteiger partial charge is 0.433 e. The number of alkyl halides is 2. The summed E-state index contributed by atoms with van der Waals surface area (Å²) < 4.78 is 28.3. The summed E-state index contributed by atoms with van der Waals surface area (Å²) >= 11 is 0. The number of para-hydroxylation sites is 1. The first-order chi connectivity index (χ1) is 7.16. The van der Waals surface area contributed by atoms with E-state index in [1.165, 1.54) is 12.1 Å². The molecular formula is C9H6F2N2O2. The first-order valence-corrected chi connectivity index (χ1v) is 4.09. The molecule has 1 heterocycles. The van der Waals surface area contributed by atoms with E-state index >= 15 is 0 Å². The topological polar surface area (TPSA) is 55.0 Å². The number of halogens is 2. The van der Waals surface area contributed by atoms with Crippen molar-refractivity contribution >= 4 is 11.0 Å². The van der Waals surface area contributed by atoms with Crippen LogP contribution < -0.4 is 10.3 Å². The lowest BCUT2D eigenvalue weighted by molar-refractivity contribution is -0.0489. The maximum absolute atomic E-state index is 12.0. The molecule has 0 saturated heterocycles. The van der Waals surface area contributed by atoms with Crippen LogP contribution in [0.1, 0.15) is 0 Å². The van der Waals surface area contributed by atoms with Crippen molar-refractivity contribution in [1.29, 1.82) is 0 Å². The minimum Gasteiger partial charge on any atom is -0.433 e. The van der Waals surface area contributed by atoms with Crippen molar-refractivity contribution in [1.82, 2.24) is 9.97 Å². The summed E-state index contributed by atoms with van der Waals surface area (Å²) in [6.07, 6.45) is 1.08. The highest BCUT2D eigenvalue weighted by Gasteiger charge is 2.08. The summed E-state index contributed by atoms with van der Waals surface area (Å²) in [7, 11) is 0. The SMILES string of the molecule is O=c1cnc2cccc(OC(F)F)c2[nH]1. The summed E-state index contributed by atoms with van der Waals surface area (Å²) in [6.45, 7) is -2.93. The van der Waals surface area contributed by atoms with Gasteiger partial charge in [-0.05, 0) is 12.1 Å². The highest BCUT2D eigenvalue weighted by molar-refractivity contribution is 5.80. The molecule has 1 N–H and O–H groups in total.